The molecule has 5 nitrogen and oxygen atoms in total. The molecular weight excluding hydrogens is 358 g/mol. The highest BCUT2D eigenvalue weighted by atomic mass is 32.1. The Kier molecular flexibility index (Phi) is 5.98. The van der Waals surface area contributed by atoms with Gasteiger partial charge in [-0.3, -0.25) is 4.79 Å². The summed E-state index contributed by atoms with van der Waals surface area (Å²) in [5.41, 5.74) is 2.49. The number of hydrogen-bond donors (Lipinski definition) is 1. The molecule has 1 amide bonds. The molecule has 0 aliphatic heterocycles. The number of nitrogens with one attached hydrogen (secondary N) is 1. The highest BCUT2D eigenvalue weighted by Crippen LogP contribution is 2.27. The van der Waals surface area contributed by atoms with E-state index < -0.39 is 5.91 Å². The Morgan fingerprint density at radius 3 is 2.81 bits per heavy atom. The summed E-state index contributed by atoms with van der Waals surface area (Å²) < 4.78 is 5.23. The average molecular weight is 375 g/mol. The monoisotopic (exact) mass is 375 g/mol. The molecule has 0 radical (unpaired) electrons. The number of carbonyl (C=O) groups is 1. The third kappa shape index (κ3) is 4.81. The lowest BCUT2D eigenvalue weighted by molar-refractivity contribution is -0.117. The van der Waals surface area contributed by atoms with Gasteiger partial charge in [0.15, 0.2) is 0 Å². The molecule has 3 aromatic rings. The van der Waals surface area contributed by atoms with Gasteiger partial charge in [0.1, 0.15) is 22.4 Å². The summed E-state index contributed by atoms with van der Waals surface area (Å²) in [6.07, 6.45) is 1.50. The van der Waals surface area contributed by atoms with E-state index in [1.54, 1.807) is 7.11 Å². The molecule has 0 unspecified atom stereocenters. The van der Waals surface area contributed by atoms with Gasteiger partial charge in [-0.2, -0.15) is 5.26 Å². The minimum absolute atomic E-state index is 0.0217. The molecule has 0 saturated heterocycles. The van der Waals surface area contributed by atoms with E-state index in [9.17, 15) is 10.1 Å². The second kappa shape index (κ2) is 8.79. The topological polar surface area (TPSA) is 75.0 Å². The fourth-order valence-corrected chi connectivity index (χ4v) is 3.19. The van der Waals surface area contributed by atoms with Crippen molar-refractivity contribution in [1.29, 1.82) is 5.26 Å². The van der Waals surface area contributed by atoms with Crippen molar-refractivity contribution in [2.24, 2.45) is 0 Å². The highest BCUT2D eigenvalue weighted by Gasteiger charge is 2.11. The maximum atomic E-state index is 12.3. The van der Waals surface area contributed by atoms with Crippen molar-refractivity contribution in [3.63, 3.8) is 0 Å². The second-order valence-electron chi connectivity index (χ2n) is 5.65. The Morgan fingerprint density at radius 2 is 2.07 bits per heavy atom. The van der Waals surface area contributed by atoms with Gasteiger partial charge in [-0.1, -0.05) is 42.5 Å². The Bertz CT molecular complexity index is 1000. The molecular formula is C21H17N3O2S. The van der Waals surface area contributed by atoms with Crippen LogP contribution < -0.4 is 10.1 Å². The Labute approximate surface area is 161 Å². The van der Waals surface area contributed by atoms with Crippen LogP contribution in [0.2, 0.25) is 0 Å². The standard InChI is InChI=1S/C21H17N3O2S/c1-26-19-9-5-8-16(11-19)21-24-18(14-27-21)10-17(12-22)20(25)23-13-15-6-3-2-4-7-15/h2-11,14H,13H2,1H3,(H,23,25). The Balaban J connectivity index is 1.73. The zero-order chi connectivity index (χ0) is 19.1. The summed E-state index contributed by atoms with van der Waals surface area (Å²) in [5.74, 6) is 0.329. The van der Waals surface area contributed by atoms with E-state index in [4.69, 9.17) is 4.74 Å². The van der Waals surface area contributed by atoms with Gasteiger partial charge in [0.25, 0.3) is 5.91 Å². The number of nitrogens with zero attached hydrogens (tertiary/aromatic N) is 2. The van der Waals surface area contributed by atoms with Crippen LogP contribution in [0.15, 0.2) is 65.6 Å². The second-order valence-corrected chi connectivity index (χ2v) is 6.51. The van der Waals surface area contributed by atoms with E-state index in [0.29, 0.717) is 12.2 Å². The summed E-state index contributed by atoms with van der Waals surface area (Å²) in [7, 11) is 1.61. The maximum absolute atomic E-state index is 12.3. The van der Waals surface area contributed by atoms with Gasteiger partial charge >= 0.3 is 0 Å². The molecule has 0 aliphatic rings. The van der Waals surface area contributed by atoms with Gasteiger partial charge in [-0.25, -0.2) is 4.98 Å². The van der Waals surface area contributed by atoms with E-state index in [1.807, 2.05) is 66.0 Å². The lowest BCUT2D eigenvalue weighted by Crippen LogP contribution is -2.23. The number of nitriles is 1. The Morgan fingerprint density at radius 1 is 1.26 bits per heavy atom. The number of amides is 1. The summed E-state index contributed by atoms with van der Waals surface area (Å²) in [6, 6.07) is 19.1. The van der Waals surface area contributed by atoms with Crippen LogP contribution in [-0.4, -0.2) is 18.0 Å². The lowest BCUT2D eigenvalue weighted by Gasteiger charge is -2.03. The predicted octanol–water partition coefficient (Wildman–Crippen LogP) is 4.04. The molecule has 6 heteroatoms. The smallest absolute Gasteiger partial charge is 0.262 e. The zero-order valence-corrected chi connectivity index (χ0v) is 15.5. The number of ether oxygens (including phenoxy) is 1. The number of methoxy groups -OCH3 is 1. The summed E-state index contributed by atoms with van der Waals surface area (Å²) in [6.45, 7) is 0.366. The van der Waals surface area contributed by atoms with Crippen LogP contribution in [0.3, 0.4) is 0 Å². The van der Waals surface area contributed by atoms with Crippen LogP contribution in [0, 0.1) is 11.3 Å². The van der Waals surface area contributed by atoms with Crippen molar-refractivity contribution in [3.05, 3.63) is 76.8 Å². The van der Waals surface area contributed by atoms with Crippen LogP contribution in [0.4, 0.5) is 0 Å². The van der Waals surface area contributed by atoms with Gasteiger partial charge in [0, 0.05) is 17.5 Å². The van der Waals surface area contributed by atoms with Crippen molar-refractivity contribution < 1.29 is 9.53 Å². The Hall–Kier alpha value is -3.43. The number of rotatable bonds is 6. The molecule has 0 spiro atoms. The first-order chi connectivity index (χ1) is 13.2. The average Bonchev–Trinajstić information content (AvgIpc) is 3.19. The van der Waals surface area contributed by atoms with Crippen molar-refractivity contribution >= 4 is 23.3 Å². The normalized spacial score (nSPS) is 10.9. The molecule has 3 rings (SSSR count). The first kappa shape index (κ1) is 18.4. The fraction of sp³-hybridized carbons (Fsp3) is 0.0952. The molecule has 27 heavy (non-hydrogen) atoms. The van der Waals surface area contributed by atoms with Gasteiger partial charge in [-0.15, -0.1) is 11.3 Å². The number of benzene rings is 2. The molecule has 0 atom stereocenters. The molecule has 2 aromatic carbocycles. The predicted molar refractivity (Wildman–Crippen MR) is 106 cm³/mol. The van der Waals surface area contributed by atoms with Crippen molar-refractivity contribution in [2.45, 2.75) is 6.54 Å². The molecule has 1 N–H and O–H groups in total. The fourth-order valence-electron chi connectivity index (χ4n) is 2.41. The number of hydrogen-bond acceptors (Lipinski definition) is 5. The molecule has 134 valence electrons. The van der Waals surface area contributed by atoms with Gasteiger partial charge < -0.3 is 10.1 Å². The maximum Gasteiger partial charge on any atom is 0.262 e. The van der Waals surface area contributed by atoms with E-state index in [0.717, 1.165) is 21.9 Å². The third-order valence-electron chi connectivity index (χ3n) is 3.79. The number of carbonyl (C=O) groups excluding carboxylic acids is 1. The molecule has 0 saturated carbocycles. The molecule has 1 heterocycles. The molecule has 1 aromatic heterocycles. The first-order valence-electron chi connectivity index (χ1n) is 8.23. The van der Waals surface area contributed by atoms with E-state index in [-0.39, 0.29) is 5.57 Å². The lowest BCUT2D eigenvalue weighted by atomic mass is 10.2. The van der Waals surface area contributed by atoms with E-state index >= 15 is 0 Å². The van der Waals surface area contributed by atoms with Crippen molar-refractivity contribution in [2.75, 3.05) is 7.11 Å². The SMILES string of the molecule is COc1cccc(-c2nc(C=C(C#N)C(=O)NCc3ccccc3)cs2)c1. The number of aromatic nitrogens is 1. The quantitative estimate of drug-likeness (QED) is 0.521. The van der Waals surface area contributed by atoms with Gasteiger partial charge in [0.05, 0.1) is 12.8 Å². The van der Waals surface area contributed by atoms with Crippen LogP contribution in [0.5, 0.6) is 5.75 Å². The summed E-state index contributed by atoms with van der Waals surface area (Å²) in [4.78, 5) is 16.8. The van der Waals surface area contributed by atoms with Gasteiger partial charge in [-0.05, 0) is 23.8 Å². The minimum atomic E-state index is -0.419. The van der Waals surface area contributed by atoms with Crippen molar-refractivity contribution in [3.8, 4) is 22.4 Å². The van der Waals surface area contributed by atoms with Crippen molar-refractivity contribution in [1.82, 2.24) is 10.3 Å². The number of thiazole rings is 1. The van der Waals surface area contributed by atoms with E-state index in [1.165, 1.54) is 17.4 Å². The van der Waals surface area contributed by atoms with Crippen LogP contribution in [-0.2, 0) is 11.3 Å². The van der Waals surface area contributed by atoms with E-state index in [2.05, 4.69) is 10.3 Å². The van der Waals surface area contributed by atoms with Crippen LogP contribution in [0.25, 0.3) is 16.6 Å². The van der Waals surface area contributed by atoms with Crippen LogP contribution >= 0.6 is 11.3 Å². The minimum Gasteiger partial charge on any atom is -0.497 e. The third-order valence-corrected chi connectivity index (χ3v) is 4.70. The summed E-state index contributed by atoms with van der Waals surface area (Å²) in [5, 5.41) is 14.7. The zero-order valence-electron chi connectivity index (χ0n) is 14.7. The largest absolute Gasteiger partial charge is 0.497 e. The highest BCUT2D eigenvalue weighted by molar-refractivity contribution is 7.13. The summed E-state index contributed by atoms with van der Waals surface area (Å²) >= 11 is 1.44. The van der Waals surface area contributed by atoms with Gasteiger partial charge in [0.2, 0.25) is 0 Å². The van der Waals surface area contributed by atoms with Crippen LogP contribution in [0.1, 0.15) is 11.3 Å². The molecule has 0 aliphatic carbocycles. The molecule has 0 fully saturated rings. The first-order valence-corrected chi connectivity index (χ1v) is 9.11. The molecule has 0 bridgehead atoms.